The zero-order valence-electron chi connectivity index (χ0n) is 8.44. The van der Waals surface area contributed by atoms with Gasteiger partial charge in [-0.05, 0) is 32.1 Å². The third kappa shape index (κ3) is 1.27. The fraction of sp³-hybridized carbons (Fsp3) is 0.833. The fourth-order valence-corrected chi connectivity index (χ4v) is 2.82. The van der Waals surface area contributed by atoms with E-state index in [9.17, 15) is 5.11 Å². The van der Waals surface area contributed by atoms with E-state index in [0.29, 0.717) is 30.0 Å². The van der Waals surface area contributed by atoms with E-state index in [1.54, 1.807) is 0 Å². The van der Waals surface area contributed by atoms with Crippen LogP contribution in [-0.2, 0) is 4.74 Å². The van der Waals surface area contributed by atoms with E-state index in [1.165, 1.54) is 12.8 Å². The predicted octanol–water partition coefficient (Wildman–Crippen LogP) is 1.18. The number of epoxide rings is 1. The summed E-state index contributed by atoms with van der Waals surface area (Å²) in [6.45, 7) is 1.87. The summed E-state index contributed by atoms with van der Waals surface area (Å²) in [6.07, 6.45) is 4.10. The molecule has 14 heavy (non-hydrogen) atoms. The van der Waals surface area contributed by atoms with Crippen molar-refractivity contribution in [1.29, 1.82) is 0 Å². The molecule has 1 saturated heterocycles. The highest BCUT2D eigenvalue weighted by Gasteiger charge is 2.58. The maximum Gasteiger partial charge on any atom is 0.0982 e. The van der Waals surface area contributed by atoms with Gasteiger partial charge in [-0.25, -0.2) is 0 Å². The average molecular weight is 192 g/mol. The van der Waals surface area contributed by atoms with Gasteiger partial charge in [0.2, 0.25) is 0 Å². The third-order valence-electron chi connectivity index (χ3n) is 3.80. The number of aliphatic hydroxyl groups is 1. The summed E-state index contributed by atoms with van der Waals surface area (Å²) >= 11 is 0. The number of hydrogen-bond donors (Lipinski definition) is 1. The van der Waals surface area contributed by atoms with Crippen molar-refractivity contribution in [2.75, 3.05) is 0 Å². The molecule has 5 atom stereocenters. The molecule has 0 aromatic carbocycles. The molecule has 0 aromatic rings. The standard InChI is InChI=1S/C12H16O2/c1-2-3-8-9(6-10-12(8)14-10)11(13)7-4-5-7/h7-13H,4-6H2,1H3/t8-,9+,10-,11-,12+/m0/s1. The Labute approximate surface area is 84.6 Å². The van der Waals surface area contributed by atoms with Gasteiger partial charge < -0.3 is 9.84 Å². The van der Waals surface area contributed by atoms with Crippen molar-refractivity contribution < 1.29 is 9.84 Å². The Morgan fingerprint density at radius 2 is 2.21 bits per heavy atom. The quantitative estimate of drug-likeness (QED) is 0.526. The fourth-order valence-electron chi connectivity index (χ4n) is 2.82. The van der Waals surface area contributed by atoms with Crippen LogP contribution in [-0.4, -0.2) is 23.4 Å². The van der Waals surface area contributed by atoms with Crippen LogP contribution in [0.3, 0.4) is 0 Å². The largest absolute Gasteiger partial charge is 0.393 e. The van der Waals surface area contributed by atoms with Gasteiger partial charge in [0.1, 0.15) is 0 Å². The van der Waals surface area contributed by atoms with Crippen LogP contribution in [0.5, 0.6) is 0 Å². The monoisotopic (exact) mass is 192 g/mol. The Morgan fingerprint density at radius 3 is 2.86 bits per heavy atom. The molecule has 2 nitrogen and oxygen atoms in total. The van der Waals surface area contributed by atoms with Crippen molar-refractivity contribution in [3.05, 3.63) is 0 Å². The van der Waals surface area contributed by atoms with Crippen molar-refractivity contribution in [2.24, 2.45) is 17.8 Å². The second kappa shape index (κ2) is 2.98. The van der Waals surface area contributed by atoms with Crippen LogP contribution in [0.25, 0.3) is 0 Å². The van der Waals surface area contributed by atoms with E-state index in [4.69, 9.17) is 4.74 Å². The molecule has 2 saturated carbocycles. The van der Waals surface area contributed by atoms with Gasteiger partial charge >= 0.3 is 0 Å². The number of hydrogen-bond acceptors (Lipinski definition) is 2. The van der Waals surface area contributed by atoms with Gasteiger partial charge in [0, 0.05) is 5.92 Å². The van der Waals surface area contributed by atoms with E-state index in [1.807, 2.05) is 6.92 Å². The zero-order chi connectivity index (χ0) is 9.71. The van der Waals surface area contributed by atoms with Gasteiger partial charge in [0.25, 0.3) is 0 Å². The minimum absolute atomic E-state index is 0.114. The SMILES string of the molecule is CC#C[C@H]1[C@H]([C@@H](O)C2CC2)C[C@@H]2O[C@H]12. The highest BCUT2D eigenvalue weighted by Crippen LogP contribution is 2.51. The van der Waals surface area contributed by atoms with Crippen LogP contribution in [0.2, 0.25) is 0 Å². The van der Waals surface area contributed by atoms with Gasteiger partial charge in [-0.1, -0.05) is 5.92 Å². The maximum absolute atomic E-state index is 10.1. The molecule has 2 aliphatic carbocycles. The van der Waals surface area contributed by atoms with E-state index in [2.05, 4.69) is 11.8 Å². The molecular weight excluding hydrogens is 176 g/mol. The zero-order valence-corrected chi connectivity index (χ0v) is 8.44. The molecule has 0 radical (unpaired) electrons. The Balaban J connectivity index is 1.74. The van der Waals surface area contributed by atoms with Crippen LogP contribution in [0.15, 0.2) is 0 Å². The van der Waals surface area contributed by atoms with Gasteiger partial charge in [0.05, 0.1) is 24.2 Å². The summed E-state index contributed by atoms with van der Waals surface area (Å²) in [5.74, 6) is 7.45. The first-order valence-electron chi connectivity index (χ1n) is 5.57. The Morgan fingerprint density at radius 1 is 1.43 bits per heavy atom. The van der Waals surface area contributed by atoms with Crippen LogP contribution in [0, 0.1) is 29.6 Å². The molecule has 0 amide bonds. The summed E-state index contributed by atoms with van der Waals surface area (Å²) in [5.41, 5.74) is 0. The summed E-state index contributed by atoms with van der Waals surface area (Å²) in [6, 6.07) is 0. The number of rotatable bonds is 2. The van der Waals surface area contributed by atoms with E-state index in [0.717, 1.165) is 6.42 Å². The topological polar surface area (TPSA) is 32.8 Å². The van der Waals surface area contributed by atoms with Gasteiger partial charge in [-0.3, -0.25) is 0 Å². The molecule has 1 aliphatic heterocycles. The molecule has 3 rings (SSSR count). The molecule has 0 unspecified atom stereocenters. The van der Waals surface area contributed by atoms with Gasteiger partial charge in [-0.15, -0.1) is 5.92 Å². The van der Waals surface area contributed by atoms with Crippen LogP contribution in [0.1, 0.15) is 26.2 Å². The second-order valence-electron chi connectivity index (χ2n) is 4.79. The molecule has 0 aromatic heterocycles. The van der Waals surface area contributed by atoms with Gasteiger partial charge in [-0.2, -0.15) is 0 Å². The molecule has 1 N–H and O–H groups in total. The smallest absolute Gasteiger partial charge is 0.0982 e. The summed E-state index contributed by atoms with van der Waals surface area (Å²) in [4.78, 5) is 0. The average Bonchev–Trinajstić information content (AvgIpc) is 3.07. The summed E-state index contributed by atoms with van der Waals surface area (Å²) in [7, 11) is 0. The van der Waals surface area contributed by atoms with Crippen molar-refractivity contribution in [1.82, 2.24) is 0 Å². The molecule has 1 heterocycles. The van der Waals surface area contributed by atoms with Crippen molar-refractivity contribution in [2.45, 2.75) is 44.5 Å². The first-order valence-corrected chi connectivity index (χ1v) is 5.57. The normalized spacial score (nSPS) is 46.4. The lowest BCUT2D eigenvalue weighted by Crippen LogP contribution is -2.28. The van der Waals surface area contributed by atoms with Crippen LogP contribution < -0.4 is 0 Å². The molecular formula is C12H16O2. The van der Waals surface area contributed by atoms with E-state index < -0.39 is 0 Å². The first-order chi connectivity index (χ1) is 6.81. The molecule has 76 valence electrons. The number of fused-ring (bicyclic) bond motifs is 1. The van der Waals surface area contributed by atoms with Crippen molar-refractivity contribution >= 4 is 0 Å². The highest BCUT2D eigenvalue weighted by molar-refractivity contribution is 5.18. The summed E-state index contributed by atoms with van der Waals surface area (Å²) in [5, 5.41) is 10.1. The highest BCUT2D eigenvalue weighted by atomic mass is 16.6. The Kier molecular flexibility index (Phi) is 1.87. The molecule has 3 aliphatic rings. The molecule has 0 spiro atoms. The summed E-state index contributed by atoms with van der Waals surface area (Å²) < 4.78 is 5.48. The third-order valence-corrected chi connectivity index (χ3v) is 3.80. The minimum Gasteiger partial charge on any atom is -0.393 e. The Bertz CT molecular complexity index is 297. The Hall–Kier alpha value is -0.520. The molecule has 2 heteroatoms. The lowest BCUT2D eigenvalue weighted by atomic mass is 9.87. The lowest BCUT2D eigenvalue weighted by Gasteiger charge is -2.23. The van der Waals surface area contributed by atoms with Crippen molar-refractivity contribution in [3.8, 4) is 11.8 Å². The second-order valence-corrected chi connectivity index (χ2v) is 4.79. The van der Waals surface area contributed by atoms with E-state index in [-0.39, 0.29) is 6.10 Å². The number of aliphatic hydroxyl groups excluding tert-OH is 1. The van der Waals surface area contributed by atoms with Crippen LogP contribution >= 0.6 is 0 Å². The molecule has 0 bridgehead atoms. The first kappa shape index (κ1) is 8.76. The van der Waals surface area contributed by atoms with Crippen LogP contribution in [0.4, 0.5) is 0 Å². The molecule has 3 fully saturated rings. The predicted molar refractivity (Wildman–Crippen MR) is 52.4 cm³/mol. The van der Waals surface area contributed by atoms with E-state index >= 15 is 0 Å². The lowest BCUT2D eigenvalue weighted by molar-refractivity contribution is 0.0516. The minimum atomic E-state index is -0.114. The van der Waals surface area contributed by atoms with Crippen molar-refractivity contribution in [3.63, 3.8) is 0 Å². The maximum atomic E-state index is 10.1. The van der Waals surface area contributed by atoms with Gasteiger partial charge in [0.15, 0.2) is 0 Å². The number of ether oxygens (including phenoxy) is 1.